The number of hydrogen-bond acceptors (Lipinski definition) is 5. The van der Waals surface area contributed by atoms with Crippen molar-refractivity contribution in [1.82, 2.24) is 4.90 Å². The van der Waals surface area contributed by atoms with Gasteiger partial charge < -0.3 is 15.1 Å². The fourth-order valence-electron chi connectivity index (χ4n) is 3.29. The molecule has 1 aliphatic rings. The summed E-state index contributed by atoms with van der Waals surface area (Å²) in [5, 5.41) is 18.2. The SMILES string of the molecule is O=C(O)CC[C@@H](CS(=O)(=O)Cc1ccccc1)C(=O)N1CCC[C@H]1C(=O)O. The maximum Gasteiger partial charge on any atom is 0.326 e. The smallest absolute Gasteiger partial charge is 0.326 e. The van der Waals surface area contributed by atoms with Gasteiger partial charge in [-0.05, 0) is 24.8 Å². The van der Waals surface area contributed by atoms with Crippen molar-refractivity contribution in [3.05, 3.63) is 35.9 Å². The molecule has 0 radical (unpaired) electrons. The second-order valence-corrected chi connectivity index (χ2v) is 8.81. The summed E-state index contributed by atoms with van der Waals surface area (Å²) in [4.78, 5) is 36.2. The van der Waals surface area contributed by atoms with E-state index in [1.54, 1.807) is 30.3 Å². The van der Waals surface area contributed by atoms with E-state index in [2.05, 4.69) is 0 Å². The second kappa shape index (κ2) is 8.98. The van der Waals surface area contributed by atoms with Gasteiger partial charge in [-0.3, -0.25) is 9.59 Å². The molecule has 1 aliphatic heterocycles. The number of hydrogen-bond donors (Lipinski definition) is 2. The van der Waals surface area contributed by atoms with Gasteiger partial charge >= 0.3 is 11.9 Å². The van der Waals surface area contributed by atoms with Crippen LogP contribution in [-0.2, 0) is 30.0 Å². The molecular weight excluding hydrogens is 374 g/mol. The molecule has 1 aromatic carbocycles. The van der Waals surface area contributed by atoms with Crippen LogP contribution in [0.1, 0.15) is 31.2 Å². The van der Waals surface area contributed by atoms with E-state index in [4.69, 9.17) is 5.11 Å². The van der Waals surface area contributed by atoms with Crippen LogP contribution in [0.5, 0.6) is 0 Å². The molecule has 9 heteroatoms. The number of amides is 1. The number of carboxylic acids is 2. The maximum atomic E-state index is 12.8. The van der Waals surface area contributed by atoms with Gasteiger partial charge in [0, 0.05) is 13.0 Å². The van der Waals surface area contributed by atoms with Crippen molar-refractivity contribution in [2.24, 2.45) is 5.92 Å². The van der Waals surface area contributed by atoms with E-state index in [9.17, 15) is 27.9 Å². The molecule has 8 nitrogen and oxygen atoms in total. The zero-order valence-electron chi connectivity index (χ0n) is 14.8. The molecule has 0 aromatic heterocycles. The van der Waals surface area contributed by atoms with E-state index in [1.165, 1.54) is 4.90 Å². The van der Waals surface area contributed by atoms with E-state index >= 15 is 0 Å². The van der Waals surface area contributed by atoms with E-state index in [0.29, 0.717) is 18.4 Å². The first-order chi connectivity index (χ1) is 12.7. The van der Waals surface area contributed by atoms with Crippen LogP contribution in [0.4, 0.5) is 0 Å². The van der Waals surface area contributed by atoms with Gasteiger partial charge in [-0.1, -0.05) is 30.3 Å². The molecule has 1 heterocycles. The molecule has 1 amide bonds. The number of aliphatic carboxylic acids is 2. The molecule has 27 heavy (non-hydrogen) atoms. The maximum absolute atomic E-state index is 12.8. The molecule has 0 unspecified atom stereocenters. The minimum Gasteiger partial charge on any atom is -0.481 e. The number of carbonyl (C=O) groups excluding carboxylic acids is 1. The van der Waals surface area contributed by atoms with Crippen LogP contribution >= 0.6 is 0 Å². The standard InChI is InChI=1S/C18H23NO7S/c20-16(21)9-8-14(17(22)19-10-4-7-15(19)18(23)24)12-27(25,26)11-13-5-2-1-3-6-13/h1-3,5-6,14-15H,4,7-12H2,(H,20,21)(H,23,24)/t14-,15-/m0/s1. The summed E-state index contributed by atoms with van der Waals surface area (Å²) in [5.41, 5.74) is 0.575. The predicted molar refractivity (Wildman–Crippen MR) is 96.7 cm³/mol. The van der Waals surface area contributed by atoms with E-state index in [-0.39, 0.29) is 25.1 Å². The van der Waals surface area contributed by atoms with Gasteiger partial charge in [0.15, 0.2) is 9.84 Å². The quantitative estimate of drug-likeness (QED) is 0.639. The van der Waals surface area contributed by atoms with Gasteiger partial charge in [-0.25, -0.2) is 13.2 Å². The Bertz CT molecular complexity index is 791. The summed E-state index contributed by atoms with van der Waals surface area (Å²) in [7, 11) is -3.68. The first-order valence-corrected chi connectivity index (χ1v) is 10.5. The van der Waals surface area contributed by atoms with Crippen LogP contribution in [0.15, 0.2) is 30.3 Å². The highest BCUT2D eigenvalue weighted by molar-refractivity contribution is 7.90. The lowest BCUT2D eigenvalue weighted by Gasteiger charge is -2.26. The summed E-state index contributed by atoms with van der Waals surface area (Å²) in [5.74, 6) is -4.70. The zero-order valence-corrected chi connectivity index (χ0v) is 15.6. The van der Waals surface area contributed by atoms with Crippen LogP contribution < -0.4 is 0 Å². The number of carboxylic acid groups (broad SMARTS) is 2. The van der Waals surface area contributed by atoms with E-state index in [1.807, 2.05) is 0 Å². The lowest BCUT2D eigenvalue weighted by molar-refractivity contribution is -0.150. The normalized spacial score (nSPS) is 18.2. The van der Waals surface area contributed by atoms with Crippen LogP contribution in [-0.4, -0.2) is 59.7 Å². The van der Waals surface area contributed by atoms with Gasteiger partial charge in [0.25, 0.3) is 0 Å². The summed E-state index contributed by atoms with van der Waals surface area (Å²) in [6, 6.07) is 7.51. The molecule has 0 bridgehead atoms. The van der Waals surface area contributed by atoms with Crippen LogP contribution in [0, 0.1) is 5.92 Å². The largest absolute Gasteiger partial charge is 0.481 e. The molecule has 2 rings (SSSR count). The van der Waals surface area contributed by atoms with Crippen molar-refractivity contribution in [1.29, 1.82) is 0 Å². The Labute approximate surface area is 157 Å². The number of sulfone groups is 1. The molecule has 148 valence electrons. The fourth-order valence-corrected chi connectivity index (χ4v) is 5.03. The summed E-state index contributed by atoms with van der Waals surface area (Å²) in [6.07, 6.45) is 0.322. The van der Waals surface area contributed by atoms with Gasteiger partial charge in [-0.2, -0.15) is 0 Å². The summed E-state index contributed by atoms with van der Waals surface area (Å²) < 4.78 is 25.1. The van der Waals surface area contributed by atoms with Gasteiger partial charge in [-0.15, -0.1) is 0 Å². The lowest BCUT2D eigenvalue weighted by atomic mass is 10.0. The molecular formula is C18H23NO7S. The first kappa shape index (κ1) is 20.9. The number of rotatable bonds is 9. The Balaban J connectivity index is 2.16. The molecule has 1 aromatic rings. The number of nitrogens with zero attached hydrogens (tertiary/aromatic N) is 1. The Morgan fingerprint density at radius 2 is 1.81 bits per heavy atom. The first-order valence-electron chi connectivity index (χ1n) is 8.69. The number of likely N-dealkylation sites (tertiary alicyclic amines) is 1. The van der Waals surface area contributed by atoms with Gasteiger partial charge in [0.1, 0.15) is 6.04 Å². The second-order valence-electron chi connectivity index (χ2n) is 6.70. The Morgan fingerprint density at radius 3 is 2.41 bits per heavy atom. The molecule has 1 saturated heterocycles. The minimum atomic E-state index is -3.68. The monoisotopic (exact) mass is 397 g/mol. The third-order valence-electron chi connectivity index (χ3n) is 4.56. The van der Waals surface area contributed by atoms with E-state index in [0.717, 1.165) is 0 Å². The van der Waals surface area contributed by atoms with Crippen molar-refractivity contribution in [3.8, 4) is 0 Å². The van der Waals surface area contributed by atoms with Crippen molar-refractivity contribution >= 4 is 27.7 Å². The summed E-state index contributed by atoms with van der Waals surface area (Å²) >= 11 is 0. The van der Waals surface area contributed by atoms with Crippen molar-refractivity contribution < 1.29 is 33.0 Å². The predicted octanol–water partition coefficient (Wildman–Crippen LogP) is 1.16. The van der Waals surface area contributed by atoms with Crippen LogP contribution in [0.2, 0.25) is 0 Å². The molecule has 0 spiro atoms. The zero-order chi connectivity index (χ0) is 20.0. The highest BCUT2D eigenvalue weighted by Crippen LogP contribution is 2.24. The molecule has 2 N–H and O–H groups in total. The van der Waals surface area contributed by atoms with Crippen molar-refractivity contribution in [2.75, 3.05) is 12.3 Å². The van der Waals surface area contributed by atoms with Crippen LogP contribution in [0.3, 0.4) is 0 Å². The molecule has 2 atom stereocenters. The number of carbonyl (C=O) groups is 3. The highest BCUT2D eigenvalue weighted by atomic mass is 32.2. The Morgan fingerprint density at radius 1 is 1.15 bits per heavy atom. The topological polar surface area (TPSA) is 129 Å². The third kappa shape index (κ3) is 6.06. The van der Waals surface area contributed by atoms with E-state index < -0.39 is 45.4 Å². The third-order valence-corrected chi connectivity index (χ3v) is 6.24. The Kier molecular flexibility index (Phi) is 6.95. The average Bonchev–Trinajstić information content (AvgIpc) is 3.08. The molecule has 0 saturated carbocycles. The lowest BCUT2D eigenvalue weighted by Crippen LogP contribution is -2.45. The number of benzene rings is 1. The molecule has 0 aliphatic carbocycles. The van der Waals surface area contributed by atoms with Crippen LogP contribution in [0.25, 0.3) is 0 Å². The van der Waals surface area contributed by atoms with Gasteiger partial charge in [0.05, 0.1) is 17.4 Å². The average molecular weight is 397 g/mol. The Hall–Kier alpha value is -2.42. The molecule has 1 fully saturated rings. The minimum absolute atomic E-state index is 0.148. The fraction of sp³-hybridized carbons (Fsp3) is 0.500. The van der Waals surface area contributed by atoms with Crippen molar-refractivity contribution in [3.63, 3.8) is 0 Å². The highest BCUT2D eigenvalue weighted by Gasteiger charge is 2.38. The van der Waals surface area contributed by atoms with Gasteiger partial charge in [0.2, 0.25) is 5.91 Å². The van der Waals surface area contributed by atoms with Crippen molar-refractivity contribution in [2.45, 2.75) is 37.5 Å². The summed E-state index contributed by atoms with van der Waals surface area (Å²) in [6.45, 7) is 0.234.